The predicted molar refractivity (Wildman–Crippen MR) is 118 cm³/mol. The number of aromatic nitrogens is 3. The molecule has 0 radical (unpaired) electrons. The predicted octanol–water partition coefficient (Wildman–Crippen LogP) is 4.26. The van der Waals surface area contributed by atoms with Crippen molar-refractivity contribution in [2.45, 2.75) is 13.0 Å². The van der Waals surface area contributed by atoms with Gasteiger partial charge in [0.15, 0.2) is 4.77 Å². The number of hydrogen-bond donors (Lipinski definition) is 2. The molecule has 3 heterocycles. The van der Waals surface area contributed by atoms with Crippen molar-refractivity contribution in [3.63, 3.8) is 0 Å². The van der Waals surface area contributed by atoms with E-state index in [0.29, 0.717) is 41.0 Å². The van der Waals surface area contributed by atoms with E-state index in [2.05, 4.69) is 25.9 Å². The third-order valence-electron chi connectivity index (χ3n) is 5.71. The Labute approximate surface area is 177 Å². The second kappa shape index (κ2) is 7.21. The molecule has 152 valence electrons. The van der Waals surface area contributed by atoms with Crippen molar-refractivity contribution < 1.29 is 9.18 Å². The smallest absolute Gasteiger partial charge is 0.256 e. The minimum Gasteiger partial charge on any atom is -0.367 e. The van der Waals surface area contributed by atoms with Crippen molar-refractivity contribution in [2.75, 3.05) is 24.5 Å². The van der Waals surface area contributed by atoms with Gasteiger partial charge in [0.05, 0.1) is 16.6 Å². The maximum absolute atomic E-state index is 14.1. The molecule has 4 aromatic rings. The zero-order valence-electron chi connectivity index (χ0n) is 16.4. The zero-order chi connectivity index (χ0) is 20.8. The number of pyridine rings is 1. The second-order valence-corrected chi connectivity index (χ2v) is 8.03. The average molecular weight is 422 g/mol. The minimum atomic E-state index is -0.466. The van der Waals surface area contributed by atoms with Gasteiger partial charge in [0.25, 0.3) is 5.91 Å². The summed E-state index contributed by atoms with van der Waals surface area (Å²) in [5.74, 6) is -0.661. The standard InChI is InChI=1S/C22H20FN5OS/c1-13-12-27(19-4-2-3-14-11-24-6-5-16(14)19)7-8-28(13)21(29)17-9-15(23)10-18-20(17)26-22(30)25-18/h2-6,9-11,13H,7-8,12H2,1H3,(H2,25,26,30). The highest BCUT2D eigenvalue weighted by molar-refractivity contribution is 7.71. The molecule has 1 aliphatic rings. The highest BCUT2D eigenvalue weighted by Gasteiger charge is 2.30. The number of imidazole rings is 1. The molecule has 1 saturated heterocycles. The molecule has 1 aliphatic heterocycles. The van der Waals surface area contributed by atoms with Crippen LogP contribution >= 0.6 is 12.2 Å². The number of nitrogens with one attached hydrogen (secondary N) is 2. The lowest BCUT2D eigenvalue weighted by Crippen LogP contribution is -2.54. The monoisotopic (exact) mass is 421 g/mol. The molecule has 0 bridgehead atoms. The fraction of sp³-hybridized carbons (Fsp3) is 0.227. The summed E-state index contributed by atoms with van der Waals surface area (Å²) in [4.78, 5) is 27.5. The van der Waals surface area contributed by atoms with E-state index in [1.165, 1.54) is 12.1 Å². The van der Waals surface area contributed by atoms with Crippen LogP contribution < -0.4 is 4.90 Å². The van der Waals surface area contributed by atoms with Crippen LogP contribution in [0, 0.1) is 10.6 Å². The van der Waals surface area contributed by atoms with Gasteiger partial charge in [0.1, 0.15) is 5.82 Å². The van der Waals surface area contributed by atoms with Gasteiger partial charge in [-0.2, -0.15) is 0 Å². The Morgan fingerprint density at radius 2 is 2.10 bits per heavy atom. The molecule has 30 heavy (non-hydrogen) atoms. The summed E-state index contributed by atoms with van der Waals surface area (Å²) in [5, 5.41) is 2.23. The first-order chi connectivity index (χ1) is 14.5. The van der Waals surface area contributed by atoms with Gasteiger partial charge >= 0.3 is 0 Å². The van der Waals surface area contributed by atoms with Crippen LogP contribution in [0.1, 0.15) is 17.3 Å². The third-order valence-corrected chi connectivity index (χ3v) is 5.91. The largest absolute Gasteiger partial charge is 0.367 e. The Hall–Kier alpha value is -3.26. The Kier molecular flexibility index (Phi) is 4.51. The Morgan fingerprint density at radius 3 is 2.93 bits per heavy atom. The number of benzene rings is 2. The molecule has 6 nitrogen and oxygen atoms in total. The number of carbonyl (C=O) groups is 1. The van der Waals surface area contributed by atoms with Crippen molar-refractivity contribution in [1.29, 1.82) is 0 Å². The molecule has 0 saturated carbocycles. The number of rotatable bonds is 2. The molecule has 1 unspecified atom stereocenters. The second-order valence-electron chi connectivity index (χ2n) is 7.62. The lowest BCUT2D eigenvalue weighted by Gasteiger charge is -2.41. The Balaban J connectivity index is 1.44. The van der Waals surface area contributed by atoms with E-state index in [-0.39, 0.29) is 11.9 Å². The summed E-state index contributed by atoms with van der Waals surface area (Å²) in [6.07, 6.45) is 3.66. The first-order valence-electron chi connectivity index (χ1n) is 9.81. The molecule has 0 spiro atoms. The fourth-order valence-electron chi connectivity index (χ4n) is 4.29. The molecule has 1 atom stereocenters. The van der Waals surface area contributed by atoms with Gasteiger partial charge in [-0.05, 0) is 43.4 Å². The molecule has 2 aromatic heterocycles. The zero-order valence-corrected chi connectivity index (χ0v) is 17.2. The van der Waals surface area contributed by atoms with E-state index in [9.17, 15) is 9.18 Å². The number of aromatic amines is 2. The van der Waals surface area contributed by atoms with Crippen LogP contribution in [-0.4, -0.2) is 51.4 Å². The molecule has 0 aliphatic carbocycles. The average Bonchev–Trinajstić information content (AvgIpc) is 3.12. The van der Waals surface area contributed by atoms with Crippen molar-refractivity contribution in [3.8, 4) is 0 Å². The number of anilines is 1. The van der Waals surface area contributed by atoms with Crippen LogP contribution in [-0.2, 0) is 0 Å². The minimum absolute atomic E-state index is 0.0384. The molecule has 2 aromatic carbocycles. The highest BCUT2D eigenvalue weighted by Crippen LogP contribution is 2.29. The number of piperazine rings is 1. The maximum atomic E-state index is 14.1. The molecule has 2 N–H and O–H groups in total. The number of carbonyl (C=O) groups excluding carboxylic acids is 1. The van der Waals surface area contributed by atoms with Crippen LogP contribution in [0.4, 0.5) is 10.1 Å². The Bertz CT molecular complexity index is 1320. The number of halogens is 1. The summed E-state index contributed by atoms with van der Waals surface area (Å²) in [6, 6.07) is 10.8. The number of hydrogen-bond acceptors (Lipinski definition) is 4. The number of H-pyrrole nitrogens is 2. The molecule has 1 fully saturated rings. The summed E-state index contributed by atoms with van der Waals surface area (Å²) >= 11 is 5.12. The molecular formula is C22H20FN5OS. The van der Waals surface area contributed by atoms with Crippen molar-refractivity contribution in [1.82, 2.24) is 19.9 Å². The van der Waals surface area contributed by atoms with Crippen LogP contribution in [0.15, 0.2) is 48.8 Å². The van der Waals surface area contributed by atoms with Gasteiger partial charge in [-0.3, -0.25) is 9.78 Å². The van der Waals surface area contributed by atoms with Gasteiger partial charge in [-0.25, -0.2) is 4.39 Å². The number of fused-ring (bicyclic) bond motifs is 2. The normalized spacial score (nSPS) is 17.1. The van der Waals surface area contributed by atoms with Crippen LogP contribution in [0.5, 0.6) is 0 Å². The maximum Gasteiger partial charge on any atom is 0.256 e. The van der Waals surface area contributed by atoms with Gasteiger partial charge in [-0.15, -0.1) is 0 Å². The van der Waals surface area contributed by atoms with E-state index >= 15 is 0 Å². The number of nitrogens with zero attached hydrogens (tertiary/aromatic N) is 3. The molecule has 8 heteroatoms. The quantitative estimate of drug-likeness (QED) is 0.475. The lowest BCUT2D eigenvalue weighted by atomic mass is 10.1. The van der Waals surface area contributed by atoms with E-state index in [1.54, 1.807) is 11.1 Å². The van der Waals surface area contributed by atoms with Gasteiger partial charge in [-0.1, -0.05) is 12.1 Å². The van der Waals surface area contributed by atoms with Crippen LogP contribution in [0.3, 0.4) is 0 Å². The van der Waals surface area contributed by atoms with Gasteiger partial charge in [0.2, 0.25) is 0 Å². The van der Waals surface area contributed by atoms with E-state index in [4.69, 9.17) is 12.2 Å². The topological polar surface area (TPSA) is 68.0 Å². The van der Waals surface area contributed by atoms with E-state index in [0.717, 1.165) is 16.5 Å². The molecule has 1 amide bonds. The Morgan fingerprint density at radius 1 is 1.23 bits per heavy atom. The van der Waals surface area contributed by atoms with Crippen molar-refractivity contribution in [3.05, 3.63) is 64.9 Å². The first-order valence-corrected chi connectivity index (χ1v) is 10.2. The number of amides is 1. The molecular weight excluding hydrogens is 401 g/mol. The first kappa shape index (κ1) is 18.7. The van der Waals surface area contributed by atoms with Crippen molar-refractivity contribution in [2.24, 2.45) is 0 Å². The summed E-state index contributed by atoms with van der Waals surface area (Å²) in [7, 11) is 0. The lowest BCUT2D eigenvalue weighted by molar-refractivity contribution is 0.0675. The van der Waals surface area contributed by atoms with Gasteiger partial charge < -0.3 is 19.8 Å². The third kappa shape index (κ3) is 3.13. The van der Waals surface area contributed by atoms with E-state index in [1.807, 2.05) is 31.3 Å². The summed E-state index contributed by atoms with van der Waals surface area (Å²) < 4.78 is 14.5. The summed E-state index contributed by atoms with van der Waals surface area (Å²) in [6.45, 7) is 3.95. The van der Waals surface area contributed by atoms with E-state index < -0.39 is 5.82 Å². The van der Waals surface area contributed by atoms with Crippen LogP contribution in [0.2, 0.25) is 0 Å². The molecule has 5 rings (SSSR count). The highest BCUT2D eigenvalue weighted by atomic mass is 32.1. The summed E-state index contributed by atoms with van der Waals surface area (Å²) in [5.41, 5.74) is 2.48. The van der Waals surface area contributed by atoms with Crippen molar-refractivity contribution >= 4 is 45.6 Å². The van der Waals surface area contributed by atoms with Crippen LogP contribution in [0.25, 0.3) is 21.8 Å². The fourth-order valence-corrected chi connectivity index (χ4v) is 4.50. The van der Waals surface area contributed by atoms with Gasteiger partial charge in [0, 0.05) is 54.5 Å². The SMILES string of the molecule is CC1CN(c2cccc3cnccc23)CCN1C(=O)c1cc(F)cc2[nH]c(=S)[nH]c12.